The Morgan fingerprint density at radius 1 is 1.20 bits per heavy atom. The normalized spacial score (nSPS) is 17.4. The summed E-state index contributed by atoms with van der Waals surface area (Å²) in [5, 5.41) is 3.69. The van der Waals surface area contributed by atoms with Gasteiger partial charge >= 0.3 is 5.97 Å². The molecule has 7 nitrogen and oxygen atoms in total. The van der Waals surface area contributed by atoms with Crippen molar-refractivity contribution in [3.8, 4) is 0 Å². The fraction of sp³-hybridized carbons (Fsp3) is 0.261. The van der Waals surface area contributed by atoms with Crippen LogP contribution in [0.25, 0.3) is 10.9 Å². The number of aromatic amines is 1. The third-order valence-electron chi connectivity index (χ3n) is 5.86. The molecule has 0 aliphatic carbocycles. The SMILES string of the molecule is Cc1[nH]c2ccccc2c1C(=O)COC(=O)c1ccc2c(c1)NC(=O)[C@@H]1CCCN21. The molecule has 0 spiro atoms. The number of Topliss-reactive ketones (excluding diaryl/α,β-unsaturated/α-hetero) is 1. The number of benzene rings is 2. The molecule has 1 saturated heterocycles. The Kier molecular flexibility index (Phi) is 4.31. The van der Waals surface area contributed by atoms with Crippen molar-refractivity contribution in [1.82, 2.24) is 4.98 Å². The predicted molar refractivity (Wildman–Crippen MR) is 113 cm³/mol. The molecule has 2 aliphatic heterocycles. The lowest BCUT2D eigenvalue weighted by Gasteiger charge is -2.33. The number of hydrogen-bond donors (Lipinski definition) is 2. The van der Waals surface area contributed by atoms with Crippen LogP contribution in [0.4, 0.5) is 11.4 Å². The van der Waals surface area contributed by atoms with Crippen LogP contribution in [0.3, 0.4) is 0 Å². The molecular weight excluding hydrogens is 382 g/mol. The molecule has 0 unspecified atom stereocenters. The number of amides is 1. The van der Waals surface area contributed by atoms with Gasteiger partial charge in [0.15, 0.2) is 6.61 Å². The number of anilines is 2. The Labute approximate surface area is 173 Å². The highest BCUT2D eigenvalue weighted by molar-refractivity contribution is 6.10. The van der Waals surface area contributed by atoms with Gasteiger partial charge in [0.2, 0.25) is 11.7 Å². The molecule has 1 fully saturated rings. The van der Waals surface area contributed by atoms with Gasteiger partial charge in [-0.05, 0) is 44.0 Å². The molecule has 2 aliphatic rings. The number of nitrogens with zero attached hydrogens (tertiary/aromatic N) is 1. The number of fused-ring (bicyclic) bond motifs is 4. The van der Waals surface area contributed by atoms with Crippen molar-refractivity contribution in [2.45, 2.75) is 25.8 Å². The zero-order valence-corrected chi connectivity index (χ0v) is 16.5. The van der Waals surface area contributed by atoms with Crippen LogP contribution in [0.2, 0.25) is 0 Å². The first-order valence-electron chi connectivity index (χ1n) is 10.0. The van der Waals surface area contributed by atoms with Crippen molar-refractivity contribution in [2.24, 2.45) is 0 Å². The van der Waals surface area contributed by atoms with Crippen LogP contribution in [-0.4, -0.2) is 41.8 Å². The second kappa shape index (κ2) is 7.02. The summed E-state index contributed by atoms with van der Waals surface area (Å²) in [6, 6.07) is 12.5. The standard InChI is InChI=1S/C23H21N3O4/c1-13-21(15-5-2-3-6-16(15)24-13)20(27)12-30-23(29)14-8-9-18-17(11-14)25-22(28)19-7-4-10-26(18)19/h2-3,5-6,8-9,11,19,24H,4,7,10,12H2,1H3,(H,25,28)/t19-/m0/s1. The lowest BCUT2D eigenvalue weighted by molar-refractivity contribution is -0.117. The maximum absolute atomic E-state index is 12.7. The summed E-state index contributed by atoms with van der Waals surface area (Å²) in [7, 11) is 0. The fourth-order valence-electron chi connectivity index (χ4n) is 4.48. The molecule has 0 saturated carbocycles. The highest BCUT2D eigenvalue weighted by atomic mass is 16.5. The molecule has 3 aromatic rings. The first kappa shape index (κ1) is 18.4. The van der Waals surface area contributed by atoms with Crippen LogP contribution in [-0.2, 0) is 9.53 Å². The average Bonchev–Trinajstić information content (AvgIpc) is 3.36. The van der Waals surface area contributed by atoms with Crippen LogP contribution in [0.5, 0.6) is 0 Å². The van der Waals surface area contributed by atoms with E-state index < -0.39 is 5.97 Å². The smallest absolute Gasteiger partial charge is 0.338 e. The van der Waals surface area contributed by atoms with Gasteiger partial charge in [-0.2, -0.15) is 0 Å². The Hall–Kier alpha value is -3.61. The number of rotatable bonds is 4. The van der Waals surface area contributed by atoms with E-state index in [9.17, 15) is 14.4 Å². The van der Waals surface area contributed by atoms with E-state index in [4.69, 9.17) is 4.74 Å². The topological polar surface area (TPSA) is 91.5 Å². The molecule has 5 rings (SSSR count). The van der Waals surface area contributed by atoms with E-state index >= 15 is 0 Å². The quantitative estimate of drug-likeness (QED) is 0.514. The summed E-state index contributed by atoms with van der Waals surface area (Å²) in [5.41, 5.74) is 3.97. The van der Waals surface area contributed by atoms with Gasteiger partial charge in [-0.15, -0.1) is 0 Å². The number of aromatic nitrogens is 1. The summed E-state index contributed by atoms with van der Waals surface area (Å²) >= 11 is 0. The molecule has 7 heteroatoms. The van der Waals surface area contributed by atoms with E-state index in [1.165, 1.54) is 0 Å². The van der Waals surface area contributed by atoms with E-state index in [1.807, 2.05) is 37.3 Å². The van der Waals surface area contributed by atoms with Gasteiger partial charge in [0.1, 0.15) is 6.04 Å². The van der Waals surface area contributed by atoms with Crippen molar-refractivity contribution >= 4 is 39.9 Å². The average molecular weight is 403 g/mol. The number of aryl methyl sites for hydroxylation is 1. The number of ether oxygens (including phenoxy) is 1. The van der Waals surface area contributed by atoms with Crippen LogP contribution < -0.4 is 10.2 Å². The molecule has 1 amide bonds. The summed E-state index contributed by atoms with van der Waals surface area (Å²) in [6.45, 7) is 2.30. The highest BCUT2D eigenvalue weighted by Gasteiger charge is 2.36. The minimum atomic E-state index is -0.596. The number of nitrogens with one attached hydrogen (secondary N) is 2. The van der Waals surface area contributed by atoms with Crippen LogP contribution in [0.15, 0.2) is 42.5 Å². The van der Waals surface area contributed by atoms with Gasteiger partial charge in [-0.1, -0.05) is 18.2 Å². The Morgan fingerprint density at radius 3 is 2.90 bits per heavy atom. The van der Waals surface area contributed by atoms with Crippen molar-refractivity contribution in [1.29, 1.82) is 0 Å². The second-order valence-electron chi connectivity index (χ2n) is 7.74. The van der Waals surface area contributed by atoms with Gasteiger partial charge in [0.25, 0.3) is 0 Å². The zero-order valence-electron chi connectivity index (χ0n) is 16.5. The second-order valence-corrected chi connectivity index (χ2v) is 7.74. The molecule has 2 aromatic carbocycles. The first-order valence-corrected chi connectivity index (χ1v) is 10.0. The number of carbonyl (C=O) groups is 3. The molecule has 152 valence electrons. The third kappa shape index (κ3) is 2.94. The van der Waals surface area contributed by atoms with E-state index in [-0.39, 0.29) is 24.3 Å². The summed E-state index contributed by atoms with van der Waals surface area (Å²) in [6.07, 6.45) is 1.81. The van der Waals surface area contributed by atoms with Crippen molar-refractivity contribution in [3.05, 3.63) is 59.3 Å². The summed E-state index contributed by atoms with van der Waals surface area (Å²) in [5.74, 6) is -0.901. The van der Waals surface area contributed by atoms with E-state index in [2.05, 4.69) is 15.2 Å². The Balaban J connectivity index is 1.32. The van der Waals surface area contributed by atoms with Crippen molar-refractivity contribution < 1.29 is 19.1 Å². The van der Waals surface area contributed by atoms with Gasteiger partial charge in [0.05, 0.1) is 16.9 Å². The molecule has 30 heavy (non-hydrogen) atoms. The van der Waals surface area contributed by atoms with Crippen LogP contribution in [0.1, 0.15) is 39.3 Å². The third-order valence-corrected chi connectivity index (χ3v) is 5.86. The van der Waals surface area contributed by atoms with Crippen LogP contribution in [0, 0.1) is 6.92 Å². The number of esters is 1. The number of H-pyrrole nitrogens is 1. The maximum Gasteiger partial charge on any atom is 0.338 e. The van der Waals surface area contributed by atoms with Gasteiger partial charge in [-0.25, -0.2) is 4.79 Å². The molecule has 0 radical (unpaired) electrons. The van der Waals surface area contributed by atoms with E-state index in [1.54, 1.807) is 12.1 Å². The number of hydrogen-bond acceptors (Lipinski definition) is 5. The lowest BCUT2D eigenvalue weighted by Crippen LogP contribution is -2.43. The monoisotopic (exact) mass is 403 g/mol. The molecule has 1 atom stereocenters. The number of carbonyl (C=O) groups excluding carboxylic acids is 3. The van der Waals surface area contributed by atoms with Crippen molar-refractivity contribution in [3.63, 3.8) is 0 Å². The van der Waals surface area contributed by atoms with Gasteiger partial charge in [-0.3, -0.25) is 9.59 Å². The molecule has 3 heterocycles. The number of ketones is 1. The van der Waals surface area contributed by atoms with Crippen molar-refractivity contribution in [2.75, 3.05) is 23.4 Å². The minimum Gasteiger partial charge on any atom is -0.454 e. The first-order chi connectivity index (χ1) is 14.5. The largest absolute Gasteiger partial charge is 0.454 e. The molecule has 1 aromatic heterocycles. The van der Waals surface area contributed by atoms with E-state index in [0.29, 0.717) is 16.8 Å². The number of para-hydroxylation sites is 1. The maximum atomic E-state index is 12.7. The lowest BCUT2D eigenvalue weighted by atomic mass is 10.1. The summed E-state index contributed by atoms with van der Waals surface area (Å²) in [4.78, 5) is 42.8. The molecule has 2 N–H and O–H groups in total. The summed E-state index contributed by atoms with van der Waals surface area (Å²) < 4.78 is 5.29. The Bertz CT molecular complexity index is 1200. The Morgan fingerprint density at radius 2 is 2.03 bits per heavy atom. The van der Waals surface area contributed by atoms with E-state index in [0.717, 1.165) is 41.7 Å². The molecule has 0 bridgehead atoms. The minimum absolute atomic E-state index is 0.0458. The van der Waals surface area contributed by atoms with Gasteiger partial charge in [0, 0.05) is 28.7 Å². The highest BCUT2D eigenvalue weighted by Crippen LogP contribution is 2.37. The van der Waals surface area contributed by atoms with Crippen LogP contribution >= 0.6 is 0 Å². The zero-order chi connectivity index (χ0) is 20.8. The molecular formula is C23H21N3O4. The predicted octanol–water partition coefficient (Wildman–Crippen LogP) is 3.44. The van der Waals surface area contributed by atoms with Gasteiger partial charge < -0.3 is 19.9 Å². The fourth-order valence-corrected chi connectivity index (χ4v) is 4.48.